The van der Waals surface area contributed by atoms with E-state index in [1.807, 2.05) is 32.0 Å². The second-order valence-corrected chi connectivity index (χ2v) is 6.21. The Hall–Kier alpha value is -1.75. The van der Waals surface area contributed by atoms with Gasteiger partial charge in [0.2, 0.25) is 0 Å². The van der Waals surface area contributed by atoms with Crippen molar-refractivity contribution >= 4 is 11.7 Å². The average molecular weight is 319 g/mol. The topological polar surface area (TPSA) is 53.6 Å². The Morgan fingerprint density at radius 1 is 1.35 bits per heavy atom. The first-order valence-corrected chi connectivity index (χ1v) is 8.58. The van der Waals surface area contributed by atoms with Crippen molar-refractivity contribution in [2.75, 3.05) is 32.1 Å². The fraction of sp³-hybridized carbons (Fsp3) is 0.611. The third kappa shape index (κ3) is 5.43. The van der Waals surface area contributed by atoms with Crippen molar-refractivity contribution in [1.29, 1.82) is 0 Å². The molecule has 1 aliphatic carbocycles. The summed E-state index contributed by atoms with van der Waals surface area (Å²) in [5, 5.41) is 5.79. The lowest BCUT2D eigenvalue weighted by molar-refractivity contribution is 0.235. The van der Waals surface area contributed by atoms with Crippen LogP contribution in [0.1, 0.15) is 38.2 Å². The number of amides is 2. The number of hydrogen-bond donors (Lipinski definition) is 2. The molecule has 0 saturated heterocycles. The van der Waals surface area contributed by atoms with Gasteiger partial charge in [-0.25, -0.2) is 4.79 Å². The van der Waals surface area contributed by atoms with E-state index in [0.717, 1.165) is 23.5 Å². The number of rotatable bonds is 7. The van der Waals surface area contributed by atoms with Gasteiger partial charge in [0.25, 0.3) is 0 Å². The molecule has 0 unspecified atom stereocenters. The standard InChI is InChI=1S/C18H29N3O2/c1-4-23-17-10-9-15(13-14(17)2)20-18(22)19-11-12-21(3)16-7-5-6-8-16/h9-10,13,16H,4-8,11-12H2,1-3H3,(H2,19,20,22). The molecule has 0 aromatic heterocycles. The van der Waals surface area contributed by atoms with E-state index in [9.17, 15) is 4.79 Å². The van der Waals surface area contributed by atoms with E-state index < -0.39 is 0 Å². The molecule has 2 amide bonds. The molecule has 0 aliphatic heterocycles. The second kappa shape index (κ2) is 8.77. The summed E-state index contributed by atoms with van der Waals surface area (Å²) >= 11 is 0. The maximum absolute atomic E-state index is 12.0. The van der Waals surface area contributed by atoms with Crippen LogP contribution in [0.25, 0.3) is 0 Å². The number of nitrogens with zero attached hydrogens (tertiary/aromatic N) is 1. The van der Waals surface area contributed by atoms with Gasteiger partial charge in [0, 0.05) is 24.8 Å². The molecule has 1 saturated carbocycles. The minimum atomic E-state index is -0.159. The van der Waals surface area contributed by atoms with Gasteiger partial charge in [0.15, 0.2) is 0 Å². The average Bonchev–Trinajstić information content (AvgIpc) is 3.04. The van der Waals surface area contributed by atoms with Gasteiger partial charge in [-0.05, 0) is 57.5 Å². The van der Waals surface area contributed by atoms with Crippen LogP contribution in [-0.2, 0) is 0 Å². The van der Waals surface area contributed by atoms with Gasteiger partial charge in [-0.2, -0.15) is 0 Å². The predicted octanol–water partition coefficient (Wildman–Crippen LogP) is 3.39. The summed E-state index contributed by atoms with van der Waals surface area (Å²) in [4.78, 5) is 14.3. The Morgan fingerprint density at radius 2 is 2.09 bits per heavy atom. The molecule has 2 N–H and O–H groups in total. The maximum Gasteiger partial charge on any atom is 0.319 e. The molecule has 1 aromatic rings. The highest BCUT2D eigenvalue weighted by molar-refractivity contribution is 5.89. The fourth-order valence-electron chi connectivity index (χ4n) is 3.09. The molecule has 0 bridgehead atoms. The summed E-state index contributed by atoms with van der Waals surface area (Å²) in [6.45, 7) is 6.13. The molecule has 1 aromatic carbocycles. The highest BCUT2D eigenvalue weighted by atomic mass is 16.5. The minimum Gasteiger partial charge on any atom is -0.494 e. The lowest BCUT2D eigenvalue weighted by Crippen LogP contribution is -2.38. The van der Waals surface area contributed by atoms with Gasteiger partial charge in [-0.15, -0.1) is 0 Å². The van der Waals surface area contributed by atoms with Gasteiger partial charge in [0.05, 0.1) is 6.61 Å². The predicted molar refractivity (Wildman–Crippen MR) is 94.3 cm³/mol. The number of nitrogens with one attached hydrogen (secondary N) is 2. The number of ether oxygens (including phenoxy) is 1. The van der Waals surface area contributed by atoms with Gasteiger partial charge in [-0.1, -0.05) is 12.8 Å². The molecule has 0 spiro atoms. The van der Waals surface area contributed by atoms with Crippen LogP contribution < -0.4 is 15.4 Å². The van der Waals surface area contributed by atoms with Gasteiger partial charge in [-0.3, -0.25) is 0 Å². The Morgan fingerprint density at radius 3 is 2.74 bits per heavy atom. The van der Waals surface area contributed by atoms with Crippen molar-refractivity contribution in [3.05, 3.63) is 23.8 Å². The number of urea groups is 1. The van der Waals surface area contributed by atoms with Crippen LogP contribution >= 0.6 is 0 Å². The van der Waals surface area contributed by atoms with Crippen molar-refractivity contribution in [2.45, 2.75) is 45.6 Å². The lowest BCUT2D eigenvalue weighted by Gasteiger charge is -2.23. The van der Waals surface area contributed by atoms with Crippen LogP contribution in [0, 0.1) is 6.92 Å². The molecule has 0 radical (unpaired) electrons. The summed E-state index contributed by atoms with van der Waals surface area (Å²) in [5.41, 5.74) is 1.80. The molecule has 0 atom stereocenters. The van der Waals surface area contributed by atoms with Crippen molar-refractivity contribution in [3.63, 3.8) is 0 Å². The van der Waals surface area contributed by atoms with Crippen LogP contribution in [-0.4, -0.2) is 43.7 Å². The van der Waals surface area contributed by atoms with Crippen molar-refractivity contribution in [1.82, 2.24) is 10.2 Å². The first-order chi connectivity index (χ1) is 11.1. The third-order valence-corrected chi connectivity index (χ3v) is 4.43. The van der Waals surface area contributed by atoms with E-state index in [1.165, 1.54) is 25.7 Å². The molecule has 23 heavy (non-hydrogen) atoms. The summed E-state index contributed by atoms with van der Waals surface area (Å²) in [6, 6.07) is 6.21. The Bertz CT molecular complexity index is 513. The molecule has 2 rings (SSSR count). The largest absolute Gasteiger partial charge is 0.494 e. The minimum absolute atomic E-state index is 0.159. The van der Waals surface area contributed by atoms with Crippen LogP contribution in [0.15, 0.2) is 18.2 Å². The van der Waals surface area contributed by atoms with E-state index in [4.69, 9.17) is 4.74 Å². The number of aryl methyl sites for hydroxylation is 1. The van der Waals surface area contributed by atoms with Gasteiger partial charge < -0.3 is 20.3 Å². The monoisotopic (exact) mass is 319 g/mol. The molecular formula is C18H29N3O2. The van der Waals surface area contributed by atoms with Crippen LogP contribution in [0.4, 0.5) is 10.5 Å². The molecule has 1 aliphatic rings. The fourth-order valence-corrected chi connectivity index (χ4v) is 3.09. The number of carbonyl (C=O) groups excluding carboxylic acids is 1. The Kier molecular flexibility index (Phi) is 6.71. The van der Waals surface area contributed by atoms with Crippen LogP contribution in [0.2, 0.25) is 0 Å². The third-order valence-electron chi connectivity index (χ3n) is 4.43. The summed E-state index contributed by atoms with van der Waals surface area (Å²) in [6.07, 6.45) is 5.24. The van der Waals surface area contributed by atoms with E-state index in [-0.39, 0.29) is 6.03 Å². The molecule has 0 heterocycles. The Labute approximate surface area is 139 Å². The summed E-state index contributed by atoms with van der Waals surface area (Å²) in [5.74, 6) is 0.858. The maximum atomic E-state index is 12.0. The molecular weight excluding hydrogens is 290 g/mol. The lowest BCUT2D eigenvalue weighted by atomic mass is 10.2. The highest BCUT2D eigenvalue weighted by Gasteiger charge is 2.18. The van der Waals surface area contributed by atoms with E-state index >= 15 is 0 Å². The SMILES string of the molecule is CCOc1ccc(NC(=O)NCCN(C)C2CCCC2)cc1C. The molecule has 128 valence electrons. The Balaban J connectivity index is 1.72. The van der Waals surface area contributed by atoms with Crippen molar-refractivity contribution in [2.24, 2.45) is 0 Å². The zero-order valence-electron chi connectivity index (χ0n) is 14.5. The van der Waals surface area contributed by atoms with Crippen LogP contribution in [0.3, 0.4) is 0 Å². The van der Waals surface area contributed by atoms with E-state index in [0.29, 0.717) is 19.2 Å². The normalized spacial score (nSPS) is 15.0. The van der Waals surface area contributed by atoms with Crippen molar-refractivity contribution in [3.8, 4) is 5.75 Å². The zero-order valence-corrected chi connectivity index (χ0v) is 14.5. The second-order valence-electron chi connectivity index (χ2n) is 6.21. The molecule has 5 heteroatoms. The number of likely N-dealkylation sites (N-methyl/N-ethyl adjacent to an activating group) is 1. The van der Waals surface area contributed by atoms with Gasteiger partial charge >= 0.3 is 6.03 Å². The first kappa shape index (κ1) is 17.6. The smallest absolute Gasteiger partial charge is 0.319 e. The quantitative estimate of drug-likeness (QED) is 0.810. The number of carbonyl (C=O) groups is 1. The number of hydrogen-bond acceptors (Lipinski definition) is 3. The molecule has 1 fully saturated rings. The molecule has 5 nitrogen and oxygen atoms in total. The highest BCUT2D eigenvalue weighted by Crippen LogP contribution is 2.22. The first-order valence-electron chi connectivity index (χ1n) is 8.58. The van der Waals surface area contributed by atoms with Crippen molar-refractivity contribution < 1.29 is 9.53 Å². The van der Waals surface area contributed by atoms with E-state index in [1.54, 1.807) is 0 Å². The summed E-state index contributed by atoms with van der Waals surface area (Å²) < 4.78 is 5.50. The summed E-state index contributed by atoms with van der Waals surface area (Å²) in [7, 11) is 2.14. The zero-order chi connectivity index (χ0) is 16.7. The van der Waals surface area contributed by atoms with Crippen LogP contribution in [0.5, 0.6) is 5.75 Å². The number of benzene rings is 1. The number of anilines is 1. The van der Waals surface area contributed by atoms with E-state index in [2.05, 4.69) is 22.6 Å². The van der Waals surface area contributed by atoms with Gasteiger partial charge in [0.1, 0.15) is 5.75 Å².